The zero-order chi connectivity index (χ0) is 28.9. The van der Waals surface area contributed by atoms with Gasteiger partial charge in [0.15, 0.2) is 6.54 Å². The minimum atomic E-state index is -4.24. The molecule has 0 spiro atoms. The van der Waals surface area contributed by atoms with Crippen molar-refractivity contribution in [2.24, 2.45) is 0 Å². The zero-order valence-electron chi connectivity index (χ0n) is 22.1. The van der Waals surface area contributed by atoms with E-state index in [2.05, 4.69) is 46.8 Å². The molecule has 218 valence electrons. The molecule has 8 nitrogen and oxygen atoms in total. The van der Waals surface area contributed by atoms with Gasteiger partial charge in [0.2, 0.25) is 5.52 Å². The average Bonchev–Trinajstić information content (AvgIpc) is 3.39. The number of nitrogens with zero attached hydrogens (tertiary/aromatic N) is 2. The largest absolute Gasteiger partial charge is 0.748 e. The van der Waals surface area contributed by atoms with Crippen LogP contribution in [0.25, 0.3) is 16.3 Å². The van der Waals surface area contributed by atoms with Crippen molar-refractivity contribution >= 4 is 71.2 Å². The van der Waals surface area contributed by atoms with E-state index in [0.717, 1.165) is 32.2 Å². The number of benzene rings is 1. The normalized spacial score (nSPS) is 20.9. The molecule has 1 fully saturated rings. The fraction of sp³-hybridized carbons (Fsp3) is 0.444. The first-order valence-corrected chi connectivity index (χ1v) is 18.4. The number of aryl methyl sites for hydroxylation is 1. The molecule has 2 heterocycles. The highest BCUT2D eigenvalue weighted by atomic mass is 35.5. The predicted octanol–water partition coefficient (Wildman–Crippen LogP) is 5.30. The first-order chi connectivity index (χ1) is 18.9. The van der Waals surface area contributed by atoms with Gasteiger partial charge in [0.05, 0.1) is 32.2 Å². The van der Waals surface area contributed by atoms with Gasteiger partial charge in [-0.05, 0) is 55.6 Å². The van der Waals surface area contributed by atoms with Gasteiger partial charge in [-0.3, -0.25) is 4.55 Å². The number of fused-ring (bicyclic) bond motifs is 2. The summed E-state index contributed by atoms with van der Waals surface area (Å²) in [7, 11) is -8.22. The van der Waals surface area contributed by atoms with E-state index in [0.29, 0.717) is 43.8 Å². The number of allylic oxidation sites excluding steroid dienone is 4. The molecule has 1 saturated heterocycles. The van der Waals surface area contributed by atoms with Crippen LogP contribution in [-0.4, -0.2) is 60.2 Å². The molecular weight excluding hydrogens is 612 g/mol. The van der Waals surface area contributed by atoms with Gasteiger partial charge >= 0.3 is 0 Å². The van der Waals surface area contributed by atoms with E-state index in [1.54, 1.807) is 23.1 Å². The van der Waals surface area contributed by atoms with Crippen LogP contribution in [0.1, 0.15) is 44.0 Å². The summed E-state index contributed by atoms with van der Waals surface area (Å²) < 4.78 is 68.0. The van der Waals surface area contributed by atoms with E-state index in [9.17, 15) is 21.4 Å². The molecule has 4 rings (SSSR count). The van der Waals surface area contributed by atoms with Crippen molar-refractivity contribution in [3.05, 3.63) is 69.2 Å². The minimum Gasteiger partial charge on any atom is -0.748 e. The van der Waals surface area contributed by atoms with Crippen molar-refractivity contribution in [2.45, 2.75) is 56.9 Å². The Bertz CT molecular complexity index is 1560. The van der Waals surface area contributed by atoms with Gasteiger partial charge in [-0.1, -0.05) is 59.8 Å². The lowest BCUT2D eigenvalue weighted by Crippen LogP contribution is -2.35. The van der Waals surface area contributed by atoms with Gasteiger partial charge < -0.3 is 9.45 Å². The van der Waals surface area contributed by atoms with Crippen LogP contribution in [0.15, 0.2) is 64.2 Å². The lowest BCUT2D eigenvalue weighted by molar-refractivity contribution is -0.669. The Kier molecular flexibility index (Phi) is 10.6. The molecule has 13 heteroatoms. The summed E-state index contributed by atoms with van der Waals surface area (Å²) in [6, 6.07) is 8.16. The third-order valence-corrected chi connectivity index (χ3v) is 11.0. The van der Waals surface area contributed by atoms with Crippen molar-refractivity contribution < 1.29 is 30.5 Å². The standard InChI is InChI=1S/C27H33ClN2O6S4/c1-2-20(17-26-29(13-5-7-15-39(31,32)33)22-9-3-4-10-24(22)37-26)18-27-30(14-6-8-16-40(34,35)36)23-19-21(28)11-12-25(23)38-27/h3-4,9-12,17-19,23,25H,2,5-8,13-16H2,1H3,(H-,31,32,33,34,35,36). The Morgan fingerprint density at radius 2 is 1.90 bits per heavy atom. The van der Waals surface area contributed by atoms with Gasteiger partial charge in [0.1, 0.15) is 4.70 Å². The molecule has 1 aliphatic carbocycles. The maximum atomic E-state index is 11.2. The molecule has 0 bridgehead atoms. The topological polar surface area (TPSA) is 119 Å². The maximum absolute atomic E-state index is 11.2. The molecule has 2 aromatic rings. The van der Waals surface area contributed by atoms with Crippen LogP contribution in [0.3, 0.4) is 0 Å². The average molecular weight is 645 g/mol. The lowest BCUT2D eigenvalue weighted by Gasteiger charge is -2.28. The fourth-order valence-electron chi connectivity index (χ4n) is 4.79. The highest BCUT2D eigenvalue weighted by Gasteiger charge is 2.36. The Labute approximate surface area is 249 Å². The summed E-state index contributed by atoms with van der Waals surface area (Å²) in [6.07, 6.45) is 13.0. The van der Waals surface area contributed by atoms with Gasteiger partial charge in [-0.25, -0.2) is 8.42 Å². The van der Waals surface area contributed by atoms with Crippen molar-refractivity contribution in [1.82, 2.24) is 4.90 Å². The van der Waals surface area contributed by atoms with Crippen LogP contribution in [0, 0.1) is 0 Å². The highest BCUT2D eigenvalue weighted by molar-refractivity contribution is 8.04. The molecule has 2 aliphatic rings. The number of halogens is 1. The SMILES string of the molecule is CCC(=Cc1sc2ccccc2[n+]1CCCCS(=O)(=O)O)C=C1SC2C=CC(Cl)=CC2N1CCCCS(=O)(=O)[O-]. The highest BCUT2D eigenvalue weighted by Crippen LogP contribution is 2.43. The van der Waals surface area contributed by atoms with Gasteiger partial charge in [-0.2, -0.15) is 13.0 Å². The number of unbranched alkanes of at least 4 members (excludes halogenated alkanes) is 2. The number of hydrogen-bond acceptors (Lipinski definition) is 8. The van der Waals surface area contributed by atoms with Crippen molar-refractivity contribution in [3.8, 4) is 0 Å². The lowest BCUT2D eigenvalue weighted by atomic mass is 10.1. The molecule has 1 aromatic carbocycles. The van der Waals surface area contributed by atoms with E-state index >= 15 is 0 Å². The summed E-state index contributed by atoms with van der Waals surface area (Å²) in [5, 5.41) is 2.98. The minimum absolute atomic E-state index is 0.0489. The maximum Gasteiger partial charge on any atom is 0.264 e. The first kappa shape index (κ1) is 31.3. The first-order valence-electron chi connectivity index (χ1n) is 13.1. The van der Waals surface area contributed by atoms with Crippen LogP contribution < -0.4 is 4.57 Å². The molecule has 0 saturated carbocycles. The molecule has 2 unspecified atom stereocenters. The molecule has 1 aromatic heterocycles. The number of aromatic nitrogens is 1. The van der Waals surface area contributed by atoms with E-state index in [4.69, 9.17) is 16.2 Å². The number of para-hydroxylation sites is 1. The van der Waals surface area contributed by atoms with Crippen LogP contribution in [-0.2, 0) is 26.8 Å². The van der Waals surface area contributed by atoms with E-state index in [1.807, 2.05) is 24.3 Å². The second kappa shape index (κ2) is 13.5. The molecule has 1 aliphatic heterocycles. The summed E-state index contributed by atoms with van der Waals surface area (Å²) in [5.74, 6) is -0.621. The van der Waals surface area contributed by atoms with Gasteiger partial charge in [0.25, 0.3) is 15.1 Å². The number of rotatable bonds is 13. The summed E-state index contributed by atoms with van der Waals surface area (Å²) in [6.45, 7) is 3.33. The molecule has 1 N–H and O–H groups in total. The van der Waals surface area contributed by atoms with E-state index in [-0.39, 0.29) is 22.8 Å². The van der Waals surface area contributed by atoms with E-state index in [1.165, 1.54) is 0 Å². The Balaban J connectivity index is 1.61. The fourth-order valence-corrected chi connectivity index (χ4v) is 8.65. The van der Waals surface area contributed by atoms with Gasteiger partial charge in [0, 0.05) is 35.9 Å². The quantitative estimate of drug-likeness (QED) is 0.177. The smallest absolute Gasteiger partial charge is 0.264 e. The van der Waals surface area contributed by atoms with E-state index < -0.39 is 20.2 Å². The van der Waals surface area contributed by atoms with Crippen LogP contribution in [0.5, 0.6) is 0 Å². The zero-order valence-corrected chi connectivity index (χ0v) is 26.1. The Morgan fingerprint density at radius 1 is 1.15 bits per heavy atom. The summed E-state index contributed by atoms with van der Waals surface area (Å²) in [4.78, 5) is 2.25. The molecule has 40 heavy (non-hydrogen) atoms. The summed E-state index contributed by atoms with van der Waals surface area (Å²) in [5.41, 5.74) is 2.19. The number of hydrogen-bond donors (Lipinski definition) is 1. The molecule has 0 radical (unpaired) electrons. The number of thiazole rings is 1. The molecular formula is C27H33ClN2O6S4. The Hall–Kier alpha value is -1.67. The monoisotopic (exact) mass is 644 g/mol. The third-order valence-electron chi connectivity index (χ3n) is 6.75. The molecule has 0 amide bonds. The van der Waals surface area contributed by atoms with Crippen LogP contribution in [0.2, 0.25) is 0 Å². The second-order valence-corrected chi connectivity index (χ2v) is 15.5. The van der Waals surface area contributed by atoms with Crippen molar-refractivity contribution in [3.63, 3.8) is 0 Å². The van der Waals surface area contributed by atoms with Crippen molar-refractivity contribution in [1.29, 1.82) is 0 Å². The van der Waals surface area contributed by atoms with Crippen LogP contribution >= 0.6 is 34.7 Å². The number of thioether (sulfide) groups is 1. The van der Waals surface area contributed by atoms with Crippen LogP contribution in [0.4, 0.5) is 0 Å². The molecule has 2 atom stereocenters. The summed E-state index contributed by atoms with van der Waals surface area (Å²) >= 11 is 9.75. The predicted molar refractivity (Wildman–Crippen MR) is 163 cm³/mol. The Morgan fingerprint density at radius 3 is 2.62 bits per heavy atom. The van der Waals surface area contributed by atoms with Gasteiger partial charge in [-0.15, -0.1) is 0 Å². The second-order valence-electron chi connectivity index (χ2n) is 9.75. The third kappa shape index (κ3) is 8.67. The van der Waals surface area contributed by atoms with Crippen molar-refractivity contribution in [2.75, 3.05) is 18.1 Å².